The van der Waals surface area contributed by atoms with Crippen molar-refractivity contribution in [3.63, 3.8) is 0 Å². The van der Waals surface area contributed by atoms with Gasteiger partial charge < -0.3 is 9.84 Å². The molecule has 1 aliphatic rings. The second-order valence-corrected chi connectivity index (χ2v) is 4.82. The Morgan fingerprint density at radius 2 is 2.19 bits per heavy atom. The molecule has 2 nitrogen and oxygen atoms in total. The Labute approximate surface area is 97.3 Å². The van der Waals surface area contributed by atoms with E-state index < -0.39 is 0 Å². The van der Waals surface area contributed by atoms with Crippen LogP contribution in [0.3, 0.4) is 0 Å². The first kappa shape index (κ1) is 11.6. The molecule has 0 bridgehead atoms. The summed E-state index contributed by atoms with van der Waals surface area (Å²) >= 11 is 0. The van der Waals surface area contributed by atoms with Crippen LogP contribution >= 0.6 is 0 Å². The highest BCUT2D eigenvalue weighted by Crippen LogP contribution is 2.27. The summed E-state index contributed by atoms with van der Waals surface area (Å²) in [6, 6.07) is 6.21. The summed E-state index contributed by atoms with van der Waals surface area (Å²) in [5.74, 6) is 0.525. The molecule has 2 atom stereocenters. The van der Waals surface area contributed by atoms with Gasteiger partial charge in [0.05, 0.1) is 6.10 Å². The lowest BCUT2D eigenvalue weighted by Gasteiger charge is -2.15. The molecule has 1 aromatic rings. The van der Waals surface area contributed by atoms with Gasteiger partial charge in [-0.05, 0) is 49.3 Å². The van der Waals surface area contributed by atoms with E-state index >= 15 is 0 Å². The fourth-order valence-electron chi connectivity index (χ4n) is 2.19. The Morgan fingerprint density at radius 3 is 2.81 bits per heavy atom. The smallest absolute Gasteiger partial charge is 0.0793 e. The minimum Gasteiger partial charge on any atom is -0.388 e. The topological polar surface area (TPSA) is 29.5 Å². The van der Waals surface area contributed by atoms with E-state index in [2.05, 4.69) is 26.0 Å². The maximum Gasteiger partial charge on any atom is 0.0793 e. The molecule has 2 unspecified atom stereocenters. The van der Waals surface area contributed by atoms with Crippen LogP contribution < -0.4 is 0 Å². The zero-order chi connectivity index (χ0) is 11.5. The first-order chi connectivity index (χ1) is 7.66. The predicted octanol–water partition coefficient (Wildman–Crippen LogP) is 2.76. The zero-order valence-corrected chi connectivity index (χ0v) is 10.1. The van der Waals surface area contributed by atoms with Gasteiger partial charge >= 0.3 is 0 Å². The standard InChI is InChI=1S/C14H20O2/c1-10-3-4-13(7-11(10)2)14(15)8-12-5-6-16-9-12/h3-4,7,12,14-15H,5-6,8-9H2,1-2H3. The van der Waals surface area contributed by atoms with Crippen LogP contribution in [0.15, 0.2) is 18.2 Å². The molecule has 1 heterocycles. The van der Waals surface area contributed by atoms with Crippen LogP contribution in [0.1, 0.15) is 35.6 Å². The predicted molar refractivity (Wildman–Crippen MR) is 64.4 cm³/mol. The minimum atomic E-state index is -0.342. The molecule has 0 radical (unpaired) electrons. The molecule has 1 N–H and O–H groups in total. The molecule has 1 fully saturated rings. The number of aliphatic hydroxyl groups excluding tert-OH is 1. The van der Waals surface area contributed by atoms with E-state index in [9.17, 15) is 5.11 Å². The summed E-state index contributed by atoms with van der Waals surface area (Å²) in [6.07, 6.45) is 1.57. The quantitative estimate of drug-likeness (QED) is 0.848. The largest absolute Gasteiger partial charge is 0.388 e. The lowest BCUT2D eigenvalue weighted by molar-refractivity contribution is 0.129. The molecule has 88 valence electrons. The fraction of sp³-hybridized carbons (Fsp3) is 0.571. The Kier molecular flexibility index (Phi) is 3.62. The summed E-state index contributed by atoms with van der Waals surface area (Å²) < 4.78 is 5.33. The second-order valence-electron chi connectivity index (χ2n) is 4.82. The van der Waals surface area contributed by atoms with Gasteiger partial charge in [-0.15, -0.1) is 0 Å². The summed E-state index contributed by atoms with van der Waals surface area (Å²) in [6.45, 7) is 5.84. The SMILES string of the molecule is Cc1ccc(C(O)CC2CCOC2)cc1C. The van der Waals surface area contributed by atoms with Crippen molar-refractivity contribution < 1.29 is 9.84 Å². The van der Waals surface area contributed by atoms with E-state index in [0.717, 1.165) is 31.6 Å². The number of ether oxygens (including phenoxy) is 1. The molecule has 0 aromatic heterocycles. The molecule has 2 rings (SSSR count). The minimum absolute atomic E-state index is 0.342. The van der Waals surface area contributed by atoms with Crippen molar-refractivity contribution in [2.75, 3.05) is 13.2 Å². The van der Waals surface area contributed by atoms with Gasteiger partial charge in [0.25, 0.3) is 0 Å². The molecule has 16 heavy (non-hydrogen) atoms. The van der Waals surface area contributed by atoms with Crippen LogP contribution in [0.2, 0.25) is 0 Å². The van der Waals surface area contributed by atoms with Crippen LogP contribution in [-0.2, 0) is 4.74 Å². The van der Waals surface area contributed by atoms with Crippen LogP contribution in [0.4, 0.5) is 0 Å². The number of hydrogen-bond acceptors (Lipinski definition) is 2. The molecule has 0 saturated carbocycles. The normalized spacial score (nSPS) is 22.3. The van der Waals surface area contributed by atoms with Gasteiger partial charge in [-0.25, -0.2) is 0 Å². The molecule has 1 saturated heterocycles. The highest BCUT2D eigenvalue weighted by molar-refractivity contribution is 5.31. The lowest BCUT2D eigenvalue weighted by atomic mass is 9.94. The molecule has 2 heteroatoms. The average molecular weight is 220 g/mol. The van der Waals surface area contributed by atoms with Crippen molar-refractivity contribution in [1.82, 2.24) is 0 Å². The Bertz CT molecular complexity index is 354. The van der Waals surface area contributed by atoms with Crippen LogP contribution in [0.25, 0.3) is 0 Å². The summed E-state index contributed by atoms with van der Waals surface area (Å²) in [7, 11) is 0. The van der Waals surface area contributed by atoms with E-state index in [1.165, 1.54) is 11.1 Å². The number of aliphatic hydroxyl groups is 1. The number of benzene rings is 1. The first-order valence-electron chi connectivity index (χ1n) is 6.00. The number of hydrogen-bond donors (Lipinski definition) is 1. The van der Waals surface area contributed by atoms with Gasteiger partial charge in [0.2, 0.25) is 0 Å². The number of aryl methyl sites for hydroxylation is 2. The van der Waals surface area contributed by atoms with Crippen LogP contribution in [0, 0.1) is 19.8 Å². The highest BCUT2D eigenvalue weighted by Gasteiger charge is 2.20. The van der Waals surface area contributed by atoms with E-state index in [-0.39, 0.29) is 6.10 Å². The van der Waals surface area contributed by atoms with E-state index in [4.69, 9.17) is 4.74 Å². The van der Waals surface area contributed by atoms with Crippen molar-refractivity contribution in [2.24, 2.45) is 5.92 Å². The number of rotatable bonds is 3. The van der Waals surface area contributed by atoms with Crippen LogP contribution in [-0.4, -0.2) is 18.3 Å². The second kappa shape index (κ2) is 4.98. The Hall–Kier alpha value is -0.860. The monoisotopic (exact) mass is 220 g/mol. The van der Waals surface area contributed by atoms with Crippen molar-refractivity contribution in [1.29, 1.82) is 0 Å². The maximum atomic E-state index is 10.1. The summed E-state index contributed by atoms with van der Waals surface area (Å²) in [5, 5.41) is 10.1. The van der Waals surface area contributed by atoms with Gasteiger partial charge in [-0.1, -0.05) is 18.2 Å². The summed E-state index contributed by atoms with van der Waals surface area (Å²) in [4.78, 5) is 0. The van der Waals surface area contributed by atoms with Crippen LogP contribution in [0.5, 0.6) is 0 Å². The van der Waals surface area contributed by atoms with E-state index in [1.54, 1.807) is 0 Å². The highest BCUT2D eigenvalue weighted by atomic mass is 16.5. The van der Waals surface area contributed by atoms with Gasteiger partial charge in [0, 0.05) is 13.2 Å². The first-order valence-corrected chi connectivity index (χ1v) is 6.00. The summed E-state index contributed by atoms with van der Waals surface area (Å²) in [5.41, 5.74) is 3.56. The Balaban J connectivity index is 2.02. The van der Waals surface area contributed by atoms with Gasteiger partial charge in [-0.3, -0.25) is 0 Å². The molecule has 1 aliphatic heterocycles. The van der Waals surface area contributed by atoms with Gasteiger partial charge in [-0.2, -0.15) is 0 Å². The third-order valence-electron chi connectivity index (χ3n) is 3.50. The molecular formula is C14H20O2. The lowest BCUT2D eigenvalue weighted by Crippen LogP contribution is -2.07. The van der Waals surface area contributed by atoms with Gasteiger partial charge in [0.1, 0.15) is 0 Å². The zero-order valence-electron chi connectivity index (χ0n) is 10.1. The third kappa shape index (κ3) is 2.63. The molecule has 1 aromatic carbocycles. The fourth-order valence-corrected chi connectivity index (χ4v) is 2.19. The van der Waals surface area contributed by atoms with Crippen molar-refractivity contribution >= 4 is 0 Å². The van der Waals surface area contributed by atoms with E-state index in [0.29, 0.717) is 5.92 Å². The van der Waals surface area contributed by atoms with Crippen molar-refractivity contribution in [3.05, 3.63) is 34.9 Å². The average Bonchev–Trinajstić information content (AvgIpc) is 2.74. The molecule has 0 spiro atoms. The maximum absolute atomic E-state index is 10.1. The molecule has 0 aliphatic carbocycles. The third-order valence-corrected chi connectivity index (χ3v) is 3.50. The van der Waals surface area contributed by atoms with E-state index in [1.807, 2.05) is 6.07 Å². The van der Waals surface area contributed by atoms with Crippen molar-refractivity contribution in [3.8, 4) is 0 Å². The van der Waals surface area contributed by atoms with Crippen molar-refractivity contribution in [2.45, 2.75) is 32.8 Å². The molecule has 0 amide bonds. The van der Waals surface area contributed by atoms with Gasteiger partial charge in [0.15, 0.2) is 0 Å². The Morgan fingerprint density at radius 1 is 1.38 bits per heavy atom. The molecular weight excluding hydrogens is 200 g/mol.